The molecule has 8 nitrogen and oxygen atoms in total. The number of carbonyl (C=O) groups is 2. The number of pyridine rings is 1. The molecule has 4 rings (SSSR count). The lowest BCUT2D eigenvalue weighted by Crippen LogP contribution is -2.52. The molecular formula is C22H23ClN6O2. The summed E-state index contributed by atoms with van der Waals surface area (Å²) in [5.41, 5.74) is 0.172. The van der Waals surface area contributed by atoms with Gasteiger partial charge in [0.15, 0.2) is 0 Å². The summed E-state index contributed by atoms with van der Waals surface area (Å²) in [5, 5.41) is 12.5. The average molecular weight is 439 g/mol. The molecule has 1 atom stereocenters. The molecule has 2 aromatic rings. The maximum atomic E-state index is 13.3. The lowest BCUT2D eigenvalue weighted by Gasteiger charge is -2.36. The molecule has 0 spiro atoms. The van der Waals surface area contributed by atoms with E-state index in [2.05, 4.69) is 26.2 Å². The van der Waals surface area contributed by atoms with Gasteiger partial charge in [0.2, 0.25) is 0 Å². The number of nitriles is 1. The topological polar surface area (TPSA) is 92.6 Å². The van der Waals surface area contributed by atoms with E-state index in [1.54, 1.807) is 36.5 Å². The molecule has 3 amide bonds. The summed E-state index contributed by atoms with van der Waals surface area (Å²) in [7, 11) is 0. The molecule has 0 radical (unpaired) electrons. The first-order valence-electron chi connectivity index (χ1n) is 10.2. The van der Waals surface area contributed by atoms with E-state index in [0.717, 1.165) is 5.82 Å². The Kier molecular flexibility index (Phi) is 5.81. The summed E-state index contributed by atoms with van der Waals surface area (Å²) in [5.74, 6) is 0.507. The van der Waals surface area contributed by atoms with Crippen molar-refractivity contribution in [1.29, 1.82) is 5.26 Å². The molecule has 1 aromatic heterocycles. The number of rotatable bonds is 5. The molecule has 1 N–H and O–H groups in total. The zero-order valence-corrected chi connectivity index (χ0v) is 18.0. The first-order valence-corrected chi connectivity index (χ1v) is 10.6. The summed E-state index contributed by atoms with van der Waals surface area (Å²) >= 11 is 6.13. The molecule has 2 fully saturated rings. The van der Waals surface area contributed by atoms with Crippen LogP contribution in [0.2, 0.25) is 5.02 Å². The predicted molar refractivity (Wildman–Crippen MR) is 116 cm³/mol. The number of carbonyl (C=O) groups excluding carboxylic acids is 2. The molecule has 1 unspecified atom stereocenters. The van der Waals surface area contributed by atoms with Gasteiger partial charge in [0, 0.05) is 37.4 Å². The van der Waals surface area contributed by atoms with Crippen LogP contribution in [-0.4, -0.2) is 59.6 Å². The van der Waals surface area contributed by atoms with Crippen molar-refractivity contribution >= 4 is 29.4 Å². The maximum Gasteiger partial charge on any atom is 0.326 e. The monoisotopic (exact) mass is 438 g/mol. The summed E-state index contributed by atoms with van der Waals surface area (Å²) in [6.07, 6.45) is 2.07. The van der Waals surface area contributed by atoms with Crippen molar-refractivity contribution in [2.45, 2.75) is 18.9 Å². The van der Waals surface area contributed by atoms with Crippen molar-refractivity contribution in [3.8, 4) is 6.07 Å². The van der Waals surface area contributed by atoms with E-state index in [-0.39, 0.29) is 12.6 Å². The fourth-order valence-corrected chi connectivity index (χ4v) is 4.32. The number of nitrogens with one attached hydrogen (secondary N) is 1. The molecule has 1 aromatic carbocycles. The van der Waals surface area contributed by atoms with Gasteiger partial charge < -0.3 is 10.2 Å². The summed E-state index contributed by atoms with van der Waals surface area (Å²) in [4.78, 5) is 35.9. The van der Waals surface area contributed by atoms with Gasteiger partial charge in [-0.2, -0.15) is 5.26 Å². The Hall–Kier alpha value is -3.15. The molecule has 9 heteroatoms. The lowest BCUT2D eigenvalue weighted by atomic mass is 9.87. The van der Waals surface area contributed by atoms with Gasteiger partial charge in [0.25, 0.3) is 5.91 Å². The number of imide groups is 1. The minimum Gasteiger partial charge on any atom is -0.354 e. The van der Waals surface area contributed by atoms with Gasteiger partial charge in [-0.3, -0.25) is 9.69 Å². The van der Waals surface area contributed by atoms with E-state index in [4.69, 9.17) is 16.9 Å². The summed E-state index contributed by atoms with van der Waals surface area (Å²) in [6.45, 7) is 4.84. The zero-order chi connectivity index (χ0) is 22.0. The molecule has 0 bridgehead atoms. The van der Waals surface area contributed by atoms with Gasteiger partial charge in [-0.25, -0.2) is 14.7 Å². The highest BCUT2D eigenvalue weighted by molar-refractivity contribution is 6.30. The van der Waals surface area contributed by atoms with Gasteiger partial charge >= 0.3 is 6.03 Å². The van der Waals surface area contributed by atoms with Gasteiger partial charge in [-0.1, -0.05) is 30.7 Å². The van der Waals surface area contributed by atoms with Crippen LogP contribution in [0.5, 0.6) is 0 Å². The molecule has 0 aliphatic carbocycles. The number of anilines is 1. The van der Waals surface area contributed by atoms with Crippen molar-refractivity contribution in [2.75, 3.05) is 37.7 Å². The fraction of sp³-hybridized carbons (Fsp3) is 0.364. The van der Waals surface area contributed by atoms with Crippen LogP contribution in [0, 0.1) is 11.3 Å². The lowest BCUT2D eigenvalue weighted by molar-refractivity contribution is -0.133. The van der Waals surface area contributed by atoms with E-state index in [1.165, 1.54) is 4.90 Å². The van der Waals surface area contributed by atoms with Crippen LogP contribution >= 0.6 is 11.6 Å². The summed E-state index contributed by atoms with van der Waals surface area (Å²) in [6, 6.07) is 12.3. The quantitative estimate of drug-likeness (QED) is 0.721. The van der Waals surface area contributed by atoms with Crippen LogP contribution in [0.15, 0.2) is 42.6 Å². The first-order chi connectivity index (χ1) is 15.0. The highest BCUT2D eigenvalue weighted by Gasteiger charge is 2.51. The van der Waals surface area contributed by atoms with Gasteiger partial charge in [-0.15, -0.1) is 0 Å². The Morgan fingerprint density at radius 3 is 2.65 bits per heavy atom. The van der Waals surface area contributed by atoms with Crippen LogP contribution in [-0.2, 0) is 10.3 Å². The smallest absolute Gasteiger partial charge is 0.326 e. The average Bonchev–Trinajstić information content (AvgIpc) is 3.05. The molecule has 160 valence electrons. The SMILES string of the molecule is CCC1(c2cccc(Cl)c2)NC(=O)N(CN2CCN(c3cc(C#N)ccn3)CC2)C1=O. The number of aromatic nitrogens is 1. The zero-order valence-electron chi connectivity index (χ0n) is 17.2. The number of hydrogen-bond acceptors (Lipinski definition) is 6. The Morgan fingerprint density at radius 1 is 1.19 bits per heavy atom. The molecule has 2 aliphatic heterocycles. The van der Waals surface area contributed by atoms with E-state index in [0.29, 0.717) is 48.7 Å². The highest BCUT2D eigenvalue weighted by atomic mass is 35.5. The minimum atomic E-state index is -1.09. The van der Waals surface area contributed by atoms with Crippen LogP contribution in [0.3, 0.4) is 0 Å². The minimum absolute atomic E-state index is 0.229. The normalized spacial score (nSPS) is 21.8. The number of urea groups is 1. The standard InChI is InChI=1S/C22H23ClN6O2/c1-2-22(17-4-3-5-18(23)13-17)20(30)29(21(31)26-22)15-27-8-10-28(11-9-27)19-12-16(14-24)6-7-25-19/h3-7,12-13H,2,8-11,15H2,1H3,(H,26,31). The van der Waals surface area contributed by atoms with E-state index in [9.17, 15) is 9.59 Å². The number of amides is 3. The Bertz CT molecular complexity index is 1050. The fourth-order valence-electron chi connectivity index (χ4n) is 4.13. The largest absolute Gasteiger partial charge is 0.354 e. The molecule has 2 aliphatic rings. The Morgan fingerprint density at radius 2 is 1.97 bits per heavy atom. The van der Waals surface area contributed by atoms with Crippen LogP contribution < -0.4 is 10.2 Å². The molecule has 0 saturated carbocycles. The maximum absolute atomic E-state index is 13.3. The number of hydrogen-bond donors (Lipinski definition) is 1. The van der Waals surface area contributed by atoms with Gasteiger partial charge in [0.05, 0.1) is 18.3 Å². The van der Waals surface area contributed by atoms with Crippen molar-refractivity contribution in [3.63, 3.8) is 0 Å². The Labute approximate surface area is 186 Å². The second-order valence-electron chi connectivity index (χ2n) is 7.69. The van der Waals surface area contributed by atoms with Crippen molar-refractivity contribution in [2.24, 2.45) is 0 Å². The van der Waals surface area contributed by atoms with Crippen LogP contribution in [0.25, 0.3) is 0 Å². The molecular weight excluding hydrogens is 416 g/mol. The second kappa shape index (κ2) is 8.53. The number of halogens is 1. The van der Waals surface area contributed by atoms with Crippen molar-refractivity contribution in [3.05, 3.63) is 58.7 Å². The summed E-state index contributed by atoms with van der Waals surface area (Å²) < 4.78 is 0. The highest BCUT2D eigenvalue weighted by Crippen LogP contribution is 2.33. The first kappa shape index (κ1) is 21.1. The number of piperazine rings is 1. The second-order valence-corrected chi connectivity index (χ2v) is 8.13. The molecule has 3 heterocycles. The third kappa shape index (κ3) is 3.94. The van der Waals surface area contributed by atoms with E-state index < -0.39 is 11.6 Å². The number of nitrogens with zero attached hydrogens (tertiary/aromatic N) is 5. The third-order valence-electron chi connectivity index (χ3n) is 5.94. The third-order valence-corrected chi connectivity index (χ3v) is 6.17. The van der Waals surface area contributed by atoms with E-state index >= 15 is 0 Å². The molecule has 31 heavy (non-hydrogen) atoms. The van der Waals surface area contributed by atoms with Crippen LogP contribution in [0.1, 0.15) is 24.5 Å². The van der Waals surface area contributed by atoms with Crippen molar-refractivity contribution < 1.29 is 9.59 Å². The Balaban J connectivity index is 1.44. The van der Waals surface area contributed by atoms with Gasteiger partial charge in [0.1, 0.15) is 11.4 Å². The van der Waals surface area contributed by atoms with Crippen molar-refractivity contribution in [1.82, 2.24) is 20.1 Å². The van der Waals surface area contributed by atoms with E-state index in [1.807, 2.05) is 13.0 Å². The molecule has 2 saturated heterocycles. The van der Waals surface area contributed by atoms with Crippen LogP contribution in [0.4, 0.5) is 10.6 Å². The number of benzene rings is 1. The van der Waals surface area contributed by atoms with Gasteiger partial charge in [-0.05, 0) is 36.2 Å². The predicted octanol–water partition coefficient (Wildman–Crippen LogP) is 2.54.